The maximum atomic E-state index is 11.9. The summed E-state index contributed by atoms with van der Waals surface area (Å²) in [6, 6.07) is 9.51. The molecule has 0 aliphatic rings. The van der Waals surface area contributed by atoms with Crippen LogP contribution in [0, 0.1) is 6.92 Å². The van der Waals surface area contributed by atoms with Gasteiger partial charge in [0.15, 0.2) is 5.78 Å². The van der Waals surface area contributed by atoms with E-state index in [9.17, 15) is 14.4 Å². The van der Waals surface area contributed by atoms with Gasteiger partial charge >= 0.3 is 0 Å². The molecule has 1 amide bonds. The van der Waals surface area contributed by atoms with Crippen molar-refractivity contribution in [3.8, 4) is 0 Å². The molecule has 108 valence electrons. The van der Waals surface area contributed by atoms with Crippen LogP contribution in [0.1, 0.15) is 23.0 Å². The fraction of sp³-hybridized carbons (Fsp3) is 0.200. The fourth-order valence-electron chi connectivity index (χ4n) is 1.79. The van der Waals surface area contributed by atoms with Crippen LogP contribution in [0.15, 0.2) is 41.2 Å². The lowest BCUT2D eigenvalue weighted by Crippen LogP contribution is -2.29. The van der Waals surface area contributed by atoms with Gasteiger partial charge in [-0.1, -0.05) is 0 Å². The second-order valence-electron chi connectivity index (χ2n) is 4.65. The van der Waals surface area contributed by atoms with E-state index >= 15 is 0 Å². The van der Waals surface area contributed by atoms with Crippen molar-refractivity contribution < 1.29 is 9.59 Å². The number of rotatable bonds is 4. The Morgan fingerprint density at radius 1 is 1.14 bits per heavy atom. The van der Waals surface area contributed by atoms with Gasteiger partial charge in [0, 0.05) is 17.3 Å². The van der Waals surface area contributed by atoms with E-state index in [1.807, 2.05) is 0 Å². The molecule has 2 rings (SSSR count). The first kappa shape index (κ1) is 14.6. The molecular formula is C15H15N3O3. The molecule has 0 saturated carbocycles. The first-order valence-electron chi connectivity index (χ1n) is 6.41. The van der Waals surface area contributed by atoms with Crippen molar-refractivity contribution >= 4 is 17.4 Å². The Morgan fingerprint density at radius 3 is 2.43 bits per heavy atom. The van der Waals surface area contributed by atoms with Crippen LogP contribution in [0.25, 0.3) is 0 Å². The summed E-state index contributed by atoms with van der Waals surface area (Å²) < 4.78 is 1.11. The first-order chi connectivity index (χ1) is 9.95. The Balaban J connectivity index is 2.06. The number of carbonyl (C=O) groups is 2. The molecule has 21 heavy (non-hydrogen) atoms. The van der Waals surface area contributed by atoms with Gasteiger partial charge in [0.25, 0.3) is 5.56 Å². The minimum absolute atomic E-state index is 0.0385. The number of anilines is 1. The number of ketones is 1. The highest BCUT2D eigenvalue weighted by Gasteiger charge is 2.07. The Hall–Kier alpha value is -2.76. The lowest BCUT2D eigenvalue weighted by atomic mass is 10.1. The lowest BCUT2D eigenvalue weighted by molar-refractivity contribution is -0.117. The van der Waals surface area contributed by atoms with Crippen molar-refractivity contribution in [1.29, 1.82) is 0 Å². The summed E-state index contributed by atoms with van der Waals surface area (Å²) in [5, 5.41) is 6.64. The van der Waals surface area contributed by atoms with E-state index in [4.69, 9.17) is 0 Å². The highest BCUT2D eigenvalue weighted by atomic mass is 16.2. The van der Waals surface area contributed by atoms with E-state index < -0.39 is 0 Å². The zero-order valence-corrected chi connectivity index (χ0v) is 11.8. The van der Waals surface area contributed by atoms with Crippen LogP contribution in [-0.4, -0.2) is 21.5 Å². The van der Waals surface area contributed by atoms with Gasteiger partial charge in [-0.2, -0.15) is 5.10 Å². The molecule has 1 N–H and O–H groups in total. The quantitative estimate of drug-likeness (QED) is 0.861. The molecule has 1 aromatic carbocycles. The summed E-state index contributed by atoms with van der Waals surface area (Å²) in [4.78, 5) is 34.6. The molecule has 1 heterocycles. The van der Waals surface area contributed by atoms with Gasteiger partial charge < -0.3 is 5.32 Å². The van der Waals surface area contributed by atoms with Crippen molar-refractivity contribution in [2.75, 3.05) is 5.32 Å². The van der Waals surface area contributed by atoms with E-state index in [0.717, 1.165) is 4.68 Å². The van der Waals surface area contributed by atoms with Gasteiger partial charge in [0.05, 0.1) is 5.69 Å². The number of nitrogens with one attached hydrogen (secondary N) is 1. The van der Waals surface area contributed by atoms with Crippen LogP contribution in [0.4, 0.5) is 5.69 Å². The van der Waals surface area contributed by atoms with E-state index in [2.05, 4.69) is 10.4 Å². The van der Waals surface area contributed by atoms with Gasteiger partial charge in [0.1, 0.15) is 6.54 Å². The highest BCUT2D eigenvalue weighted by Crippen LogP contribution is 2.09. The topological polar surface area (TPSA) is 81.1 Å². The standard InChI is InChI=1S/C15H15N3O3/c1-10-3-8-15(21)18(17-10)9-14(20)16-13-6-4-12(5-7-13)11(2)19/h3-8H,9H2,1-2H3,(H,16,20). The zero-order valence-electron chi connectivity index (χ0n) is 11.8. The molecule has 0 bridgehead atoms. The summed E-state index contributed by atoms with van der Waals surface area (Å²) in [7, 11) is 0. The Labute approximate surface area is 121 Å². The smallest absolute Gasteiger partial charge is 0.267 e. The maximum Gasteiger partial charge on any atom is 0.267 e. The summed E-state index contributed by atoms with van der Waals surface area (Å²) in [6.45, 7) is 3.06. The van der Waals surface area contributed by atoms with Crippen molar-refractivity contribution in [2.24, 2.45) is 0 Å². The first-order valence-corrected chi connectivity index (χ1v) is 6.41. The number of nitrogens with zero attached hydrogens (tertiary/aromatic N) is 2. The SMILES string of the molecule is CC(=O)c1ccc(NC(=O)Cn2nc(C)ccc2=O)cc1. The molecular weight excluding hydrogens is 270 g/mol. The number of hydrogen-bond donors (Lipinski definition) is 1. The number of aryl methyl sites for hydroxylation is 1. The summed E-state index contributed by atoms with van der Waals surface area (Å²) in [6.07, 6.45) is 0. The molecule has 0 spiro atoms. The number of benzene rings is 1. The number of Topliss-reactive ketones (excluding diaryl/α,β-unsaturated/α-hetero) is 1. The van der Waals surface area contributed by atoms with Crippen molar-refractivity contribution in [2.45, 2.75) is 20.4 Å². The molecule has 6 heteroatoms. The molecule has 0 aliphatic carbocycles. The molecule has 0 radical (unpaired) electrons. The third-order valence-electron chi connectivity index (χ3n) is 2.87. The van der Waals surface area contributed by atoms with Crippen molar-refractivity contribution in [3.63, 3.8) is 0 Å². The second-order valence-corrected chi connectivity index (χ2v) is 4.65. The number of aromatic nitrogens is 2. The Bertz CT molecular complexity index is 733. The molecule has 0 aliphatic heterocycles. The largest absolute Gasteiger partial charge is 0.324 e. The molecule has 0 fully saturated rings. The van der Waals surface area contributed by atoms with Crippen LogP contribution < -0.4 is 10.9 Å². The monoisotopic (exact) mass is 285 g/mol. The van der Waals surface area contributed by atoms with Crippen molar-refractivity contribution in [1.82, 2.24) is 9.78 Å². The summed E-state index contributed by atoms with van der Waals surface area (Å²) in [5.41, 5.74) is 1.46. The number of amides is 1. The molecule has 0 unspecified atom stereocenters. The molecule has 1 aromatic heterocycles. The Kier molecular flexibility index (Phi) is 4.27. The average Bonchev–Trinajstić information content (AvgIpc) is 2.43. The van der Waals surface area contributed by atoms with Gasteiger partial charge in [-0.25, -0.2) is 4.68 Å². The number of hydrogen-bond acceptors (Lipinski definition) is 4. The number of carbonyl (C=O) groups excluding carboxylic acids is 2. The highest BCUT2D eigenvalue weighted by molar-refractivity contribution is 5.95. The predicted octanol–water partition coefficient (Wildman–Crippen LogP) is 1.39. The second kappa shape index (κ2) is 6.13. The van der Waals surface area contributed by atoms with E-state index in [-0.39, 0.29) is 23.8 Å². The van der Waals surface area contributed by atoms with E-state index in [1.54, 1.807) is 37.3 Å². The lowest BCUT2D eigenvalue weighted by Gasteiger charge is -2.07. The van der Waals surface area contributed by atoms with Gasteiger partial charge in [0.2, 0.25) is 5.91 Å². The Morgan fingerprint density at radius 2 is 1.81 bits per heavy atom. The van der Waals surface area contributed by atoms with Gasteiger partial charge in [-0.15, -0.1) is 0 Å². The minimum Gasteiger partial charge on any atom is -0.324 e. The van der Waals surface area contributed by atoms with E-state index in [0.29, 0.717) is 16.9 Å². The molecule has 6 nitrogen and oxygen atoms in total. The van der Waals surface area contributed by atoms with Crippen LogP contribution in [0.5, 0.6) is 0 Å². The summed E-state index contributed by atoms with van der Waals surface area (Å²) >= 11 is 0. The van der Waals surface area contributed by atoms with Gasteiger partial charge in [-0.05, 0) is 44.2 Å². The van der Waals surface area contributed by atoms with Crippen LogP contribution in [-0.2, 0) is 11.3 Å². The fourth-order valence-corrected chi connectivity index (χ4v) is 1.79. The van der Waals surface area contributed by atoms with Gasteiger partial charge in [-0.3, -0.25) is 14.4 Å². The molecule has 0 saturated heterocycles. The maximum absolute atomic E-state index is 11.9. The van der Waals surface area contributed by atoms with Crippen LogP contribution >= 0.6 is 0 Å². The minimum atomic E-state index is -0.356. The average molecular weight is 285 g/mol. The summed E-state index contributed by atoms with van der Waals surface area (Å²) in [5.74, 6) is -0.394. The van der Waals surface area contributed by atoms with Crippen LogP contribution in [0.2, 0.25) is 0 Å². The van der Waals surface area contributed by atoms with Crippen molar-refractivity contribution in [3.05, 3.63) is 58.0 Å². The normalized spacial score (nSPS) is 10.2. The third kappa shape index (κ3) is 3.85. The molecule has 2 aromatic rings. The zero-order chi connectivity index (χ0) is 15.4. The predicted molar refractivity (Wildman–Crippen MR) is 78.3 cm³/mol. The van der Waals surface area contributed by atoms with Crippen LogP contribution in [0.3, 0.4) is 0 Å². The third-order valence-corrected chi connectivity index (χ3v) is 2.87. The molecule has 0 atom stereocenters. The van der Waals surface area contributed by atoms with E-state index in [1.165, 1.54) is 13.0 Å².